The molecule has 1 fully saturated rings. The fraction of sp³-hybridized carbons (Fsp3) is 0.435. The Hall–Kier alpha value is -1.96. The summed E-state index contributed by atoms with van der Waals surface area (Å²) in [5.74, 6) is 0.616. The first-order chi connectivity index (χ1) is 12.0. The summed E-state index contributed by atoms with van der Waals surface area (Å²) < 4.78 is 13.3. The normalized spacial score (nSPS) is 14.8. The van der Waals surface area contributed by atoms with Crippen molar-refractivity contribution in [3.63, 3.8) is 0 Å². The minimum Gasteiger partial charge on any atom is -0.295 e. The lowest BCUT2D eigenvalue weighted by Gasteiger charge is -2.17. The molecule has 0 radical (unpaired) electrons. The largest absolute Gasteiger partial charge is 0.295 e. The van der Waals surface area contributed by atoms with Crippen LogP contribution in [0.3, 0.4) is 0 Å². The summed E-state index contributed by atoms with van der Waals surface area (Å²) >= 11 is 0. The van der Waals surface area contributed by atoms with Crippen LogP contribution in [-0.2, 0) is 12.8 Å². The van der Waals surface area contributed by atoms with Gasteiger partial charge in [-0.25, -0.2) is 4.39 Å². The Morgan fingerprint density at radius 2 is 1.88 bits per heavy atom. The molecule has 0 saturated heterocycles. The highest BCUT2D eigenvalue weighted by Gasteiger charge is 2.21. The Morgan fingerprint density at radius 3 is 2.56 bits per heavy atom. The highest BCUT2D eigenvalue weighted by molar-refractivity contribution is 5.96. The molecule has 0 N–H and O–H groups in total. The number of ketones is 1. The SMILES string of the molecule is CC(=O)c1cc(C)c(C2CCCC2)cc1CCCc1cccc(F)c1. The van der Waals surface area contributed by atoms with E-state index in [1.54, 1.807) is 19.1 Å². The van der Waals surface area contributed by atoms with Gasteiger partial charge < -0.3 is 0 Å². The molecule has 1 saturated carbocycles. The maximum atomic E-state index is 13.3. The zero-order chi connectivity index (χ0) is 17.8. The molecular weight excluding hydrogens is 311 g/mol. The van der Waals surface area contributed by atoms with Crippen molar-refractivity contribution in [2.45, 2.75) is 64.7 Å². The molecule has 3 rings (SSSR count). The van der Waals surface area contributed by atoms with Crippen molar-refractivity contribution >= 4 is 5.78 Å². The Bertz CT molecular complexity index is 757. The van der Waals surface area contributed by atoms with Gasteiger partial charge in [0.05, 0.1) is 0 Å². The molecule has 2 aromatic rings. The number of halogens is 1. The molecule has 0 spiro atoms. The number of Topliss-reactive ketones (excluding diaryl/α,β-unsaturated/α-hetero) is 1. The van der Waals surface area contributed by atoms with Crippen molar-refractivity contribution in [2.24, 2.45) is 0 Å². The van der Waals surface area contributed by atoms with Crippen LogP contribution in [0.25, 0.3) is 0 Å². The summed E-state index contributed by atoms with van der Waals surface area (Å²) in [5, 5.41) is 0. The Labute approximate surface area is 150 Å². The van der Waals surface area contributed by atoms with Crippen LogP contribution in [0.5, 0.6) is 0 Å². The van der Waals surface area contributed by atoms with Crippen molar-refractivity contribution in [2.75, 3.05) is 0 Å². The van der Waals surface area contributed by atoms with Gasteiger partial charge in [-0.15, -0.1) is 0 Å². The number of hydrogen-bond acceptors (Lipinski definition) is 1. The van der Waals surface area contributed by atoms with Gasteiger partial charge in [-0.3, -0.25) is 4.79 Å². The number of benzene rings is 2. The van der Waals surface area contributed by atoms with Crippen LogP contribution < -0.4 is 0 Å². The monoisotopic (exact) mass is 338 g/mol. The van der Waals surface area contributed by atoms with E-state index in [0.29, 0.717) is 5.92 Å². The third-order valence-electron chi connectivity index (χ3n) is 5.47. The standard InChI is InChI=1S/C23H27FO/c1-16-13-23(17(2)25)20(15-22(16)19-9-3-4-10-19)11-5-7-18-8-6-12-21(24)14-18/h6,8,12-15,19H,3-5,7,9-11H2,1-2H3. The lowest BCUT2D eigenvalue weighted by Crippen LogP contribution is -2.06. The van der Waals surface area contributed by atoms with Crippen LogP contribution >= 0.6 is 0 Å². The van der Waals surface area contributed by atoms with Gasteiger partial charge in [0.2, 0.25) is 0 Å². The first kappa shape index (κ1) is 17.8. The number of hydrogen-bond donors (Lipinski definition) is 0. The number of carbonyl (C=O) groups excluding carboxylic acids is 1. The second-order valence-corrected chi connectivity index (χ2v) is 7.39. The summed E-state index contributed by atoms with van der Waals surface area (Å²) in [4.78, 5) is 12.1. The topological polar surface area (TPSA) is 17.1 Å². The molecular formula is C23H27FO. The molecule has 0 atom stereocenters. The number of carbonyl (C=O) groups is 1. The quantitative estimate of drug-likeness (QED) is 0.576. The van der Waals surface area contributed by atoms with E-state index < -0.39 is 0 Å². The van der Waals surface area contributed by atoms with E-state index in [9.17, 15) is 9.18 Å². The lowest BCUT2D eigenvalue weighted by molar-refractivity contribution is 0.101. The summed E-state index contributed by atoms with van der Waals surface area (Å²) in [7, 11) is 0. The van der Waals surface area contributed by atoms with Crippen molar-refractivity contribution in [3.05, 3.63) is 70.0 Å². The van der Waals surface area contributed by atoms with Gasteiger partial charge in [0.25, 0.3) is 0 Å². The molecule has 25 heavy (non-hydrogen) atoms. The van der Waals surface area contributed by atoms with Crippen LogP contribution in [0.4, 0.5) is 4.39 Å². The second-order valence-electron chi connectivity index (χ2n) is 7.39. The van der Waals surface area contributed by atoms with Crippen molar-refractivity contribution in [1.29, 1.82) is 0 Å². The average Bonchev–Trinajstić information content (AvgIpc) is 3.10. The van der Waals surface area contributed by atoms with Gasteiger partial charge in [-0.1, -0.05) is 31.0 Å². The van der Waals surface area contributed by atoms with Crippen LogP contribution in [0, 0.1) is 12.7 Å². The van der Waals surface area contributed by atoms with Crippen molar-refractivity contribution < 1.29 is 9.18 Å². The number of rotatable bonds is 6. The number of aryl methyl sites for hydroxylation is 3. The molecule has 2 aromatic carbocycles. The summed E-state index contributed by atoms with van der Waals surface area (Å²) in [6, 6.07) is 11.2. The minimum atomic E-state index is -0.180. The minimum absolute atomic E-state index is 0.141. The molecule has 1 nitrogen and oxygen atoms in total. The van der Waals surface area contributed by atoms with Gasteiger partial charge in [-0.05, 0) is 92.3 Å². The van der Waals surface area contributed by atoms with E-state index in [4.69, 9.17) is 0 Å². The Kier molecular flexibility index (Phi) is 5.67. The molecule has 0 heterocycles. The molecule has 0 aromatic heterocycles. The van der Waals surface area contributed by atoms with Gasteiger partial charge in [0.15, 0.2) is 5.78 Å². The third kappa shape index (κ3) is 4.36. The second kappa shape index (κ2) is 7.95. The highest BCUT2D eigenvalue weighted by atomic mass is 19.1. The Morgan fingerprint density at radius 1 is 1.12 bits per heavy atom. The van der Waals surface area contributed by atoms with E-state index in [-0.39, 0.29) is 11.6 Å². The average molecular weight is 338 g/mol. The zero-order valence-electron chi connectivity index (χ0n) is 15.3. The van der Waals surface area contributed by atoms with Crippen LogP contribution in [0.2, 0.25) is 0 Å². The predicted octanol–water partition coefficient (Wildman–Crippen LogP) is 6.17. The molecule has 2 heteroatoms. The molecule has 0 bridgehead atoms. The first-order valence-corrected chi connectivity index (χ1v) is 9.43. The maximum absolute atomic E-state index is 13.3. The van der Waals surface area contributed by atoms with E-state index in [1.165, 1.54) is 42.9 Å². The molecule has 132 valence electrons. The lowest BCUT2D eigenvalue weighted by atomic mass is 9.87. The van der Waals surface area contributed by atoms with Crippen molar-refractivity contribution in [1.82, 2.24) is 0 Å². The van der Waals surface area contributed by atoms with E-state index >= 15 is 0 Å². The zero-order valence-corrected chi connectivity index (χ0v) is 15.3. The molecule has 0 amide bonds. The molecule has 0 unspecified atom stereocenters. The third-order valence-corrected chi connectivity index (χ3v) is 5.47. The smallest absolute Gasteiger partial charge is 0.160 e. The van der Waals surface area contributed by atoms with E-state index in [1.807, 2.05) is 6.07 Å². The van der Waals surface area contributed by atoms with E-state index in [2.05, 4.69) is 19.1 Å². The van der Waals surface area contributed by atoms with Crippen molar-refractivity contribution in [3.8, 4) is 0 Å². The fourth-order valence-electron chi connectivity index (χ4n) is 4.16. The predicted molar refractivity (Wildman–Crippen MR) is 101 cm³/mol. The first-order valence-electron chi connectivity index (χ1n) is 9.43. The van der Waals surface area contributed by atoms with Gasteiger partial charge in [0, 0.05) is 5.56 Å². The van der Waals surface area contributed by atoms with Gasteiger partial charge >= 0.3 is 0 Å². The molecule has 0 aliphatic heterocycles. The summed E-state index contributed by atoms with van der Waals surface area (Å²) in [5.41, 5.74) is 5.73. The fourth-order valence-corrected chi connectivity index (χ4v) is 4.16. The Balaban J connectivity index is 1.78. The highest BCUT2D eigenvalue weighted by Crippen LogP contribution is 2.37. The molecule has 1 aliphatic carbocycles. The summed E-state index contributed by atoms with van der Waals surface area (Å²) in [6.07, 6.45) is 7.79. The van der Waals surface area contributed by atoms with E-state index in [0.717, 1.165) is 36.0 Å². The maximum Gasteiger partial charge on any atom is 0.160 e. The summed E-state index contributed by atoms with van der Waals surface area (Å²) in [6.45, 7) is 3.79. The van der Waals surface area contributed by atoms with Gasteiger partial charge in [0.1, 0.15) is 5.82 Å². The van der Waals surface area contributed by atoms with Crippen LogP contribution in [0.15, 0.2) is 36.4 Å². The van der Waals surface area contributed by atoms with Crippen LogP contribution in [-0.4, -0.2) is 5.78 Å². The molecule has 1 aliphatic rings. The van der Waals surface area contributed by atoms with Gasteiger partial charge in [-0.2, -0.15) is 0 Å². The van der Waals surface area contributed by atoms with Crippen LogP contribution in [0.1, 0.15) is 77.6 Å².